The van der Waals surface area contributed by atoms with Gasteiger partial charge in [-0.05, 0) is 209 Å². The van der Waals surface area contributed by atoms with Crippen molar-refractivity contribution in [3.8, 4) is 78.6 Å². The van der Waals surface area contributed by atoms with Crippen LogP contribution in [0.15, 0.2) is 443 Å². The van der Waals surface area contributed by atoms with Crippen LogP contribution >= 0.6 is 0 Å². The summed E-state index contributed by atoms with van der Waals surface area (Å²) in [7, 11) is 0. The molecule has 0 unspecified atom stereocenters. The highest BCUT2D eigenvalue weighted by atomic mass is 15.0. The summed E-state index contributed by atoms with van der Waals surface area (Å²) >= 11 is 0. The summed E-state index contributed by atoms with van der Waals surface area (Å²) < 4.78 is 14.6. The summed E-state index contributed by atoms with van der Waals surface area (Å²) in [5, 5.41) is 14.1. The molecule has 0 bridgehead atoms. The van der Waals surface area contributed by atoms with Crippen molar-refractivity contribution < 1.29 is 0 Å². The van der Waals surface area contributed by atoms with E-state index in [4.69, 9.17) is 0 Å². The molecular formula is C114H78N6. The van der Waals surface area contributed by atoms with Crippen molar-refractivity contribution in [3.63, 3.8) is 0 Å². The van der Waals surface area contributed by atoms with E-state index in [1.165, 1.54) is 210 Å². The SMILES string of the molecule is C1=Cc2c(c3c(ccc4c5ccccc5n(-c5ccccc5)c43)n2-c2cc(-c3ccccc3)cc(-c3ccccc3)c2)CC1.c1ccc(-c2ccc(-n3c4ccccc4c4cc5c(cc43)c3ccccc3n5-c3ccccc3)cc2)cc1.c1ccc(-c2cccc(-n3c4ccccc4c4cc5c(cc43)c3ccccc3n5-c3ccccc3)c2)cc1. The van der Waals surface area contributed by atoms with Gasteiger partial charge < -0.3 is 27.4 Å². The molecule has 6 nitrogen and oxygen atoms in total. The number of nitrogens with zero attached hydrogens (tertiary/aromatic N) is 6. The monoisotopic (exact) mass is 1530 g/mol. The van der Waals surface area contributed by atoms with Gasteiger partial charge in [0.2, 0.25) is 0 Å². The Balaban J connectivity index is 0.000000105. The summed E-state index contributed by atoms with van der Waals surface area (Å²) in [5.41, 5.74) is 33.1. The van der Waals surface area contributed by atoms with Crippen LogP contribution in [0.2, 0.25) is 0 Å². The zero-order valence-corrected chi connectivity index (χ0v) is 65.8. The van der Waals surface area contributed by atoms with Gasteiger partial charge in [0.25, 0.3) is 0 Å². The van der Waals surface area contributed by atoms with Gasteiger partial charge in [-0.2, -0.15) is 0 Å². The number of allylic oxidation sites excluding steroid dienone is 1. The molecule has 18 aromatic carbocycles. The van der Waals surface area contributed by atoms with Gasteiger partial charge in [0, 0.05) is 99.1 Å². The van der Waals surface area contributed by atoms with Gasteiger partial charge in [0.05, 0.1) is 60.7 Å². The van der Waals surface area contributed by atoms with E-state index in [9.17, 15) is 0 Å². The van der Waals surface area contributed by atoms with Crippen molar-refractivity contribution in [1.29, 1.82) is 0 Å². The quantitative estimate of drug-likeness (QED) is 0.131. The summed E-state index contributed by atoms with van der Waals surface area (Å²) in [5.74, 6) is 0. The second kappa shape index (κ2) is 29.2. The van der Waals surface area contributed by atoms with Crippen molar-refractivity contribution >= 4 is 126 Å². The fourth-order valence-corrected chi connectivity index (χ4v) is 19.2. The molecule has 0 radical (unpaired) electrons. The molecule has 1 aliphatic carbocycles. The van der Waals surface area contributed by atoms with Crippen molar-refractivity contribution in [2.24, 2.45) is 0 Å². The smallest absolute Gasteiger partial charge is 0.0638 e. The molecular weight excluding hydrogens is 1450 g/mol. The molecule has 0 saturated heterocycles. The molecule has 6 heteroatoms. The van der Waals surface area contributed by atoms with Crippen LogP contribution in [-0.2, 0) is 6.42 Å². The topological polar surface area (TPSA) is 29.6 Å². The van der Waals surface area contributed by atoms with E-state index >= 15 is 0 Å². The first kappa shape index (κ1) is 69.7. The molecule has 0 N–H and O–H groups in total. The largest absolute Gasteiger partial charge is 0.309 e. The number of aromatic nitrogens is 6. The van der Waals surface area contributed by atoms with E-state index in [0.29, 0.717) is 0 Å². The molecule has 0 fully saturated rings. The Morgan fingerprint density at radius 3 is 0.900 bits per heavy atom. The first-order valence-corrected chi connectivity index (χ1v) is 41.5. The fourth-order valence-electron chi connectivity index (χ4n) is 19.2. The van der Waals surface area contributed by atoms with E-state index < -0.39 is 0 Å². The van der Waals surface area contributed by atoms with Gasteiger partial charge in [-0.15, -0.1) is 0 Å². The Kier molecular flexibility index (Phi) is 17.0. The molecule has 0 saturated carbocycles. The van der Waals surface area contributed by atoms with Crippen LogP contribution in [-0.4, -0.2) is 27.4 Å². The maximum Gasteiger partial charge on any atom is 0.0638 e. The Morgan fingerprint density at radius 2 is 0.475 bits per heavy atom. The average molecular weight is 1530 g/mol. The lowest BCUT2D eigenvalue weighted by Crippen LogP contribution is -2.01. The number of benzene rings is 18. The van der Waals surface area contributed by atoms with Gasteiger partial charge in [0.1, 0.15) is 0 Å². The number of aryl methyl sites for hydroxylation is 1. The molecule has 6 aromatic heterocycles. The van der Waals surface area contributed by atoms with Crippen molar-refractivity contribution in [1.82, 2.24) is 27.4 Å². The Bertz CT molecular complexity index is 8030. The molecule has 0 aliphatic heterocycles. The molecule has 0 atom stereocenters. The van der Waals surface area contributed by atoms with Gasteiger partial charge in [-0.3, -0.25) is 0 Å². The minimum atomic E-state index is 1.02. The lowest BCUT2D eigenvalue weighted by Gasteiger charge is -2.16. The lowest BCUT2D eigenvalue weighted by atomic mass is 9.97. The molecule has 6 heterocycles. The molecule has 120 heavy (non-hydrogen) atoms. The van der Waals surface area contributed by atoms with Crippen LogP contribution in [0.25, 0.3) is 205 Å². The number of fused-ring (bicyclic) bond motifs is 19. The highest BCUT2D eigenvalue weighted by molar-refractivity contribution is 6.23. The zero-order valence-electron chi connectivity index (χ0n) is 65.8. The maximum atomic E-state index is 2.51. The Morgan fingerprint density at radius 1 is 0.167 bits per heavy atom. The van der Waals surface area contributed by atoms with E-state index in [1.807, 2.05) is 0 Å². The first-order valence-electron chi connectivity index (χ1n) is 41.5. The van der Waals surface area contributed by atoms with E-state index in [0.717, 1.165) is 12.8 Å². The van der Waals surface area contributed by atoms with Crippen molar-refractivity contribution in [2.45, 2.75) is 12.8 Å². The molecule has 0 amide bonds. The third kappa shape index (κ3) is 11.7. The second-order valence-corrected chi connectivity index (χ2v) is 31.4. The van der Waals surface area contributed by atoms with Gasteiger partial charge >= 0.3 is 0 Å². The van der Waals surface area contributed by atoms with Crippen molar-refractivity contribution in [2.75, 3.05) is 0 Å². The molecule has 25 rings (SSSR count). The summed E-state index contributed by atoms with van der Waals surface area (Å²) in [6, 6.07) is 158. The predicted molar refractivity (Wildman–Crippen MR) is 507 cm³/mol. The lowest BCUT2D eigenvalue weighted by molar-refractivity contribution is 0.968. The standard InChI is InChI=1S/C42H30N2.2C36H24N2/c1-4-14-29(15-5-1)31-26-32(30-16-6-2-7-17-30)28-34(27-31)43-39-23-13-11-21-37(39)41-40(43)25-24-36-35-20-10-12-22-38(35)44(42(36)41)33-18-8-3-9-19-33;1-3-12-25(13-4-1)26-14-11-17-28(22-26)38-34-21-10-8-19-30(34)32-23-35-31(24-36(32)38)29-18-7-9-20-33(29)37(35)27-15-5-2-6-16-27;1-3-11-25(12-4-1)26-19-21-28(22-20-26)38-34-18-10-8-16-30(34)32-23-35-31(24-36(32)38)29-15-7-9-17-33(29)37(35)27-13-5-2-6-14-27/h1-10,12-20,22-28H,11,21H2;2*1-24H. The zero-order chi connectivity index (χ0) is 79.1. The molecule has 564 valence electrons. The third-order valence-corrected chi connectivity index (χ3v) is 24.6. The summed E-state index contributed by atoms with van der Waals surface area (Å²) in [4.78, 5) is 0. The van der Waals surface area contributed by atoms with Crippen LogP contribution in [0.5, 0.6) is 0 Å². The van der Waals surface area contributed by atoms with Crippen LogP contribution in [0, 0.1) is 0 Å². The molecule has 24 aromatic rings. The van der Waals surface area contributed by atoms with Crippen LogP contribution in [0.4, 0.5) is 0 Å². The van der Waals surface area contributed by atoms with Crippen LogP contribution in [0.1, 0.15) is 17.7 Å². The van der Waals surface area contributed by atoms with E-state index in [-0.39, 0.29) is 0 Å². The number of hydrogen-bond donors (Lipinski definition) is 0. The minimum absolute atomic E-state index is 1.02. The number of para-hydroxylation sites is 8. The summed E-state index contributed by atoms with van der Waals surface area (Å²) in [6.07, 6.45) is 6.75. The number of hydrogen-bond acceptors (Lipinski definition) is 0. The Hall–Kier alpha value is -15.8. The summed E-state index contributed by atoms with van der Waals surface area (Å²) in [6.45, 7) is 0. The molecule has 1 aliphatic rings. The van der Waals surface area contributed by atoms with Crippen LogP contribution < -0.4 is 0 Å². The van der Waals surface area contributed by atoms with Gasteiger partial charge in [-0.1, -0.05) is 303 Å². The predicted octanol–water partition coefficient (Wildman–Crippen LogP) is 30.1. The van der Waals surface area contributed by atoms with Gasteiger partial charge in [0.15, 0.2) is 0 Å². The normalized spacial score (nSPS) is 12.1. The van der Waals surface area contributed by atoms with E-state index in [1.54, 1.807) is 0 Å². The number of rotatable bonds is 10. The molecule has 0 spiro atoms. The second-order valence-electron chi connectivity index (χ2n) is 31.4. The van der Waals surface area contributed by atoms with Crippen molar-refractivity contribution in [3.05, 3.63) is 454 Å². The Labute approximate surface area is 694 Å². The maximum absolute atomic E-state index is 2.51. The average Bonchev–Trinajstić information content (AvgIpc) is 1.57. The minimum Gasteiger partial charge on any atom is -0.309 e. The van der Waals surface area contributed by atoms with Crippen LogP contribution in [0.3, 0.4) is 0 Å². The van der Waals surface area contributed by atoms with Gasteiger partial charge in [-0.25, -0.2) is 0 Å². The third-order valence-electron chi connectivity index (χ3n) is 24.6. The highest BCUT2D eigenvalue weighted by Gasteiger charge is 2.27. The fraction of sp³-hybridized carbons (Fsp3) is 0.0175. The highest BCUT2D eigenvalue weighted by Crippen LogP contribution is 2.47. The van der Waals surface area contributed by atoms with E-state index in [2.05, 4.69) is 476 Å². The first-order chi connectivity index (χ1) is 59.6.